The fourth-order valence-electron chi connectivity index (χ4n) is 3.74. The van der Waals surface area contributed by atoms with Gasteiger partial charge in [-0.3, -0.25) is 0 Å². The molecule has 3 atom stereocenters. The Bertz CT molecular complexity index is 811. The Morgan fingerprint density at radius 1 is 0.967 bits per heavy atom. The van der Waals surface area contributed by atoms with Gasteiger partial charge in [0.05, 0.1) is 12.7 Å². The maximum Gasteiger partial charge on any atom is 0.200 e. The summed E-state index contributed by atoms with van der Waals surface area (Å²) in [7, 11) is 0. The van der Waals surface area contributed by atoms with Crippen LogP contribution in [0.5, 0.6) is 11.5 Å². The van der Waals surface area contributed by atoms with Crippen molar-refractivity contribution >= 4 is 0 Å². The molecule has 1 heterocycles. The Labute approximate surface area is 182 Å². The Morgan fingerprint density at radius 3 is 2.27 bits per heavy atom. The Kier molecular flexibility index (Phi) is 6.81. The van der Waals surface area contributed by atoms with E-state index in [4.69, 9.17) is 14.2 Å². The SMILES string of the molecule is CC(c1ccc(OC(CC(C)(C)C)OC2CCOc3ccccc32)cc1)C(C)(C)C. The number of rotatable bonds is 6. The number of hydrogen-bond donors (Lipinski definition) is 0. The fourth-order valence-corrected chi connectivity index (χ4v) is 3.74. The van der Waals surface area contributed by atoms with Crippen molar-refractivity contribution in [2.24, 2.45) is 10.8 Å². The molecule has 0 radical (unpaired) electrons. The Morgan fingerprint density at radius 2 is 1.63 bits per heavy atom. The minimum Gasteiger partial charge on any atom is -0.493 e. The van der Waals surface area contributed by atoms with Gasteiger partial charge < -0.3 is 14.2 Å². The summed E-state index contributed by atoms with van der Waals surface area (Å²) in [5.74, 6) is 2.25. The van der Waals surface area contributed by atoms with Gasteiger partial charge in [0.25, 0.3) is 0 Å². The van der Waals surface area contributed by atoms with Crippen LogP contribution in [0.25, 0.3) is 0 Å². The second-order valence-corrected chi connectivity index (χ2v) is 10.8. The van der Waals surface area contributed by atoms with Crippen LogP contribution in [0.1, 0.15) is 84.5 Å². The molecule has 1 aliphatic rings. The van der Waals surface area contributed by atoms with Crippen molar-refractivity contribution in [2.45, 2.75) is 79.6 Å². The summed E-state index contributed by atoms with van der Waals surface area (Å²) in [4.78, 5) is 0. The highest BCUT2D eigenvalue weighted by Gasteiger charge is 2.29. The fraction of sp³-hybridized carbons (Fsp3) is 0.556. The molecule has 0 N–H and O–H groups in total. The standard InChI is InChI=1S/C27H38O3/c1-19(27(5,6)7)20-12-14-21(15-13-20)29-25(18-26(2,3)4)30-24-16-17-28-23-11-9-8-10-22(23)24/h8-15,19,24-25H,16-18H2,1-7H3. The molecular weight excluding hydrogens is 372 g/mol. The van der Waals surface area contributed by atoms with E-state index >= 15 is 0 Å². The quantitative estimate of drug-likeness (QED) is 0.461. The van der Waals surface area contributed by atoms with E-state index in [1.165, 1.54) is 5.56 Å². The minimum atomic E-state index is -0.313. The van der Waals surface area contributed by atoms with E-state index in [2.05, 4.69) is 78.8 Å². The monoisotopic (exact) mass is 410 g/mol. The molecule has 3 heteroatoms. The highest BCUT2D eigenvalue weighted by atomic mass is 16.7. The zero-order valence-electron chi connectivity index (χ0n) is 19.7. The molecule has 30 heavy (non-hydrogen) atoms. The highest BCUT2D eigenvalue weighted by molar-refractivity contribution is 5.36. The molecule has 164 valence electrons. The van der Waals surface area contributed by atoms with Crippen LogP contribution in [0.15, 0.2) is 48.5 Å². The molecule has 3 nitrogen and oxygen atoms in total. The third-order valence-corrected chi connectivity index (χ3v) is 5.95. The lowest BCUT2D eigenvalue weighted by Crippen LogP contribution is -2.30. The molecular formula is C27H38O3. The molecule has 1 aliphatic heterocycles. The van der Waals surface area contributed by atoms with Crippen LogP contribution >= 0.6 is 0 Å². The number of benzene rings is 2. The molecule has 0 aliphatic carbocycles. The van der Waals surface area contributed by atoms with E-state index < -0.39 is 0 Å². The molecule has 0 aromatic heterocycles. The average Bonchev–Trinajstić information content (AvgIpc) is 2.66. The van der Waals surface area contributed by atoms with Crippen molar-refractivity contribution in [3.63, 3.8) is 0 Å². The van der Waals surface area contributed by atoms with E-state index in [0.717, 1.165) is 29.9 Å². The highest BCUT2D eigenvalue weighted by Crippen LogP contribution is 2.38. The molecule has 2 aromatic rings. The molecule has 0 saturated carbocycles. The summed E-state index contributed by atoms with van der Waals surface area (Å²) in [6, 6.07) is 16.7. The third-order valence-electron chi connectivity index (χ3n) is 5.95. The van der Waals surface area contributed by atoms with Crippen LogP contribution in [0.4, 0.5) is 0 Å². The van der Waals surface area contributed by atoms with Crippen molar-refractivity contribution < 1.29 is 14.2 Å². The largest absolute Gasteiger partial charge is 0.493 e. The summed E-state index contributed by atoms with van der Waals surface area (Å²) in [5.41, 5.74) is 2.77. The van der Waals surface area contributed by atoms with Crippen LogP contribution in [0, 0.1) is 10.8 Å². The normalized spacial score (nSPS) is 18.8. The number of ether oxygens (including phenoxy) is 3. The Balaban J connectivity index is 1.75. The lowest BCUT2D eigenvalue weighted by molar-refractivity contribution is -0.144. The lowest BCUT2D eigenvalue weighted by Gasteiger charge is -2.33. The van der Waals surface area contributed by atoms with Crippen LogP contribution in [0.2, 0.25) is 0 Å². The van der Waals surface area contributed by atoms with Crippen molar-refractivity contribution in [1.82, 2.24) is 0 Å². The molecule has 0 bridgehead atoms. The molecule has 3 unspecified atom stereocenters. The molecule has 0 spiro atoms. The maximum atomic E-state index is 6.53. The summed E-state index contributed by atoms with van der Waals surface area (Å²) < 4.78 is 18.7. The smallest absolute Gasteiger partial charge is 0.200 e. The zero-order valence-corrected chi connectivity index (χ0v) is 19.7. The minimum absolute atomic E-state index is 0.0116. The van der Waals surface area contributed by atoms with Gasteiger partial charge in [-0.2, -0.15) is 0 Å². The summed E-state index contributed by atoms with van der Waals surface area (Å²) in [6.07, 6.45) is 1.32. The Hall–Kier alpha value is -2.00. The van der Waals surface area contributed by atoms with Crippen LogP contribution in [-0.4, -0.2) is 12.9 Å². The number of hydrogen-bond acceptors (Lipinski definition) is 3. The van der Waals surface area contributed by atoms with Crippen molar-refractivity contribution in [2.75, 3.05) is 6.61 Å². The van der Waals surface area contributed by atoms with E-state index in [9.17, 15) is 0 Å². The van der Waals surface area contributed by atoms with E-state index in [0.29, 0.717) is 12.5 Å². The summed E-state index contributed by atoms with van der Waals surface area (Å²) >= 11 is 0. The van der Waals surface area contributed by atoms with Gasteiger partial charge in [-0.15, -0.1) is 0 Å². The molecule has 0 amide bonds. The van der Waals surface area contributed by atoms with Crippen LogP contribution in [0.3, 0.4) is 0 Å². The van der Waals surface area contributed by atoms with Crippen LogP contribution < -0.4 is 9.47 Å². The lowest BCUT2D eigenvalue weighted by atomic mass is 9.78. The molecule has 0 saturated heterocycles. The first-order valence-corrected chi connectivity index (χ1v) is 11.2. The van der Waals surface area contributed by atoms with Gasteiger partial charge in [0.1, 0.15) is 11.5 Å². The van der Waals surface area contributed by atoms with Gasteiger partial charge in [0.2, 0.25) is 6.29 Å². The van der Waals surface area contributed by atoms with Crippen molar-refractivity contribution in [3.8, 4) is 11.5 Å². The van der Waals surface area contributed by atoms with E-state index in [1.54, 1.807) is 0 Å². The van der Waals surface area contributed by atoms with Gasteiger partial charge in [-0.1, -0.05) is 78.8 Å². The molecule has 0 fully saturated rings. The zero-order chi connectivity index (χ0) is 21.9. The number of fused-ring (bicyclic) bond motifs is 1. The van der Waals surface area contributed by atoms with E-state index in [-0.39, 0.29) is 23.2 Å². The van der Waals surface area contributed by atoms with Gasteiger partial charge in [0, 0.05) is 18.4 Å². The predicted octanol–water partition coefficient (Wildman–Crippen LogP) is 7.52. The summed E-state index contributed by atoms with van der Waals surface area (Å²) in [6.45, 7) is 16.5. The van der Waals surface area contributed by atoms with Crippen molar-refractivity contribution in [1.29, 1.82) is 0 Å². The van der Waals surface area contributed by atoms with Crippen molar-refractivity contribution in [3.05, 3.63) is 59.7 Å². The summed E-state index contributed by atoms with van der Waals surface area (Å²) in [5, 5.41) is 0. The van der Waals surface area contributed by atoms with Crippen LogP contribution in [-0.2, 0) is 4.74 Å². The van der Waals surface area contributed by atoms with E-state index in [1.807, 2.05) is 18.2 Å². The topological polar surface area (TPSA) is 27.7 Å². The average molecular weight is 411 g/mol. The maximum absolute atomic E-state index is 6.53. The second-order valence-electron chi connectivity index (χ2n) is 10.8. The third kappa shape index (κ3) is 6.01. The van der Waals surface area contributed by atoms with Gasteiger partial charge in [0.15, 0.2) is 0 Å². The molecule has 2 aromatic carbocycles. The number of para-hydroxylation sites is 1. The molecule has 3 rings (SSSR count). The van der Waals surface area contributed by atoms with Gasteiger partial charge >= 0.3 is 0 Å². The second kappa shape index (κ2) is 9.01. The first-order chi connectivity index (χ1) is 14.0. The van der Waals surface area contributed by atoms with Gasteiger partial charge in [-0.05, 0) is 40.5 Å². The first-order valence-electron chi connectivity index (χ1n) is 11.2. The van der Waals surface area contributed by atoms with Gasteiger partial charge in [-0.25, -0.2) is 0 Å². The first kappa shape index (κ1) is 22.7. The predicted molar refractivity (Wildman–Crippen MR) is 123 cm³/mol.